The third-order valence-electron chi connectivity index (χ3n) is 0.971. The fraction of sp³-hybridized carbons (Fsp3) is 0.167. The molecule has 0 radical (unpaired) electrons. The molecule has 9 heavy (non-hydrogen) atoms. The van der Waals surface area contributed by atoms with Gasteiger partial charge in [0.15, 0.2) is 0 Å². The summed E-state index contributed by atoms with van der Waals surface area (Å²) in [5.74, 6) is 2.12. The molecule has 0 aliphatic carbocycles. The van der Waals surface area contributed by atoms with E-state index >= 15 is 0 Å². The van der Waals surface area contributed by atoms with Crippen molar-refractivity contribution in [1.82, 2.24) is 0 Å². The molecule has 1 aromatic heterocycles. The van der Waals surface area contributed by atoms with Gasteiger partial charge in [0.1, 0.15) is 0 Å². The van der Waals surface area contributed by atoms with Gasteiger partial charge in [0.25, 0.3) is 0 Å². The van der Waals surface area contributed by atoms with Crippen LogP contribution in [0, 0.1) is 0 Å². The molecule has 1 aromatic rings. The van der Waals surface area contributed by atoms with E-state index in [0.29, 0.717) is 15.0 Å². The fourth-order valence-corrected chi connectivity index (χ4v) is 2.94. The second kappa shape index (κ2) is 3.16. The van der Waals surface area contributed by atoms with E-state index in [-0.39, 0.29) is 0 Å². The standard InChI is InChI=1S/C6H6OSSe/c1-9-6-5(4-7)2-3-8-6/h2-4H,1H3. The molecule has 0 spiro atoms. The Morgan fingerprint density at radius 2 is 2.56 bits per heavy atom. The Morgan fingerprint density at radius 1 is 1.78 bits per heavy atom. The predicted molar refractivity (Wildman–Crippen MR) is 41.0 cm³/mol. The number of aldehydes is 1. The summed E-state index contributed by atoms with van der Waals surface area (Å²) in [6.45, 7) is 0. The van der Waals surface area contributed by atoms with Crippen LogP contribution in [0.1, 0.15) is 10.4 Å². The first kappa shape index (κ1) is 7.00. The van der Waals surface area contributed by atoms with Gasteiger partial charge in [0.2, 0.25) is 0 Å². The second-order valence-corrected chi connectivity index (χ2v) is 4.70. The maximum absolute atomic E-state index is 10.3. The number of thiophene rings is 1. The molecule has 0 bridgehead atoms. The maximum atomic E-state index is 10.3. The molecule has 0 aromatic carbocycles. The van der Waals surface area contributed by atoms with Crippen LogP contribution in [0.25, 0.3) is 0 Å². The number of hydrogen-bond acceptors (Lipinski definition) is 2. The van der Waals surface area contributed by atoms with Crippen molar-refractivity contribution < 1.29 is 4.79 Å². The molecule has 0 N–H and O–H groups in total. The van der Waals surface area contributed by atoms with Crippen molar-refractivity contribution in [3.63, 3.8) is 0 Å². The number of carbonyl (C=O) groups excluding carboxylic acids is 1. The Morgan fingerprint density at radius 3 is 3.00 bits per heavy atom. The Balaban J connectivity index is 2.98. The average Bonchev–Trinajstić information content (AvgIpc) is 2.33. The quantitative estimate of drug-likeness (QED) is 0.518. The first-order chi connectivity index (χ1) is 4.38. The summed E-state index contributed by atoms with van der Waals surface area (Å²) in [5.41, 5.74) is 0.877. The van der Waals surface area contributed by atoms with E-state index in [2.05, 4.69) is 5.82 Å². The molecular weight excluding hydrogens is 199 g/mol. The molecule has 48 valence electrons. The molecule has 1 nitrogen and oxygen atoms in total. The summed E-state index contributed by atoms with van der Waals surface area (Å²) in [6, 6.07) is 1.87. The molecule has 0 atom stereocenters. The van der Waals surface area contributed by atoms with Crippen molar-refractivity contribution in [2.24, 2.45) is 0 Å². The molecule has 0 aliphatic rings. The zero-order valence-electron chi connectivity index (χ0n) is 4.96. The third kappa shape index (κ3) is 1.42. The Labute approximate surface area is 64.2 Å². The summed E-state index contributed by atoms with van der Waals surface area (Å²) in [4.78, 5) is 10.3. The average molecular weight is 205 g/mol. The normalized spacial score (nSPS) is 9.44. The van der Waals surface area contributed by atoms with E-state index in [4.69, 9.17) is 0 Å². The summed E-state index contributed by atoms with van der Waals surface area (Å²) in [7, 11) is 0. The van der Waals surface area contributed by atoms with Crippen LogP contribution >= 0.6 is 11.3 Å². The first-order valence-corrected chi connectivity index (χ1v) is 5.90. The topological polar surface area (TPSA) is 17.1 Å². The van der Waals surface area contributed by atoms with Gasteiger partial charge >= 0.3 is 64.0 Å². The van der Waals surface area contributed by atoms with Gasteiger partial charge < -0.3 is 0 Å². The van der Waals surface area contributed by atoms with E-state index in [1.807, 2.05) is 11.4 Å². The van der Waals surface area contributed by atoms with Gasteiger partial charge in [-0.05, 0) is 0 Å². The molecule has 1 rings (SSSR count). The molecule has 0 aliphatic heterocycles. The van der Waals surface area contributed by atoms with Crippen molar-refractivity contribution in [2.75, 3.05) is 0 Å². The second-order valence-electron chi connectivity index (χ2n) is 1.49. The molecule has 0 amide bonds. The van der Waals surface area contributed by atoms with Crippen LogP contribution in [-0.2, 0) is 0 Å². The van der Waals surface area contributed by atoms with Crippen LogP contribution in [0.2, 0.25) is 5.82 Å². The van der Waals surface area contributed by atoms with Gasteiger partial charge in [-0.3, -0.25) is 0 Å². The van der Waals surface area contributed by atoms with Gasteiger partial charge in [0, 0.05) is 0 Å². The van der Waals surface area contributed by atoms with Crippen LogP contribution < -0.4 is 3.78 Å². The molecule has 1 heterocycles. The van der Waals surface area contributed by atoms with E-state index in [1.165, 1.54) is 3.78 Å². The number of carbonyl (C=O) groups is 1. The molecule has 0 saturated heterocycles. The van der Waals surface area contributed by atoms with Crippen LogP contribution in [0.15, 0.2) is 11.4 Å². The van der Waals surface area contributed by atoms with Crippen LogP contribution in [0.4, 0.5) is 0 Å². The minimum atomic E-state index is 0.477. The Kier molecular flexibility index (Phi) is 2.46. The SMILES string of the molecule is C[Se]c1sccc1C=O. The molecule has 0 saturated carbocycles. The van der Waals surface area contributed by atoms with Crippen molar-refractivity contribution in [1.29, 1.82) is 0 Å². The third-order valence-corrected chi connectivity index (χ3v) is 4.44. The van der Waals surface area contributed by atoms with E-state index < -0.39 is 0 Å². The van der Waals surface area contributed by atoms with Gasteiger partial charge in [-0.15, -0.1) is 0 Å². The first-order valence-electron chi connectivity index (χ1n) is 2.45. The van der Waals surface area contributed by atoms with Crippen molar-refractivity contribution in [3.05, 3.63) is 17.0 Å². The van der Waals surface area contributed by atoms with Crippen LogP contribution in [0.3, 0.4) is 0 Å². The molecule has 0 unspecified atom stereocenters. The number of hydrogen-bond donors (Lipinski definition) is 0. The summed E-state index contributed by atoms with van der Waals surface area (Å²) in [6.07, 6.45) is 0.928. The minimum absolute atomic E-state index is 0.477. The van der Waals surface area contributed by atoms with E-state index in [1.54, 1.807) is 11.3 Å². The molecular formula is C6H6OSSe. The van der Waals surface area contributed by atoms with Gasteiger partial charge in [0.05, 0.1) is 0 Å². The zero-order chi connectivity index (χ0) is 6.69. The summed E-state index contributed by atoms with van der Waals surface area (Å²) < 4.78 is 1.25. The Hall–Kier alpha value is -0.111. The van der Waals surface area contributed by atoms with Crippen molar-refractivity contribution in [2.45, 2.75) is 5.82 Å². The number of rotatable bonds is 2. The summed E-state index contributed by atoms with van der Waals surface area (Å²) >= 11 is 2.15. The molecule has 3 heteroatoms. The zero-order valence-corrected chi connectivity index (χ0v) is 7.49. The monoisotopic (exact) mass is 206 g/mol. The van der Waals surface area contributed by atoms with Gasteiger partial charge in [-0.1, -0.05) is 0 Å². The van der Waals surface area contributed by atoms with Crippen LogP contribution in [-0.4, -0.2) is 21.2 Å². The van der Waals surface area contributed by atoms with Gasteiger partial charge in [-0.25, -0.2) is 0 Å². The van der Waals surface area contributed by atoms with Gasteiger partial charge in [-0.2, -0.15) is 0 Å². The van der Waals surface area contributed by atoms with Crippen molar-refractivity contribution in [3.8, 4) is 0 Å². The molecule has 0 fully saturated rings. The fourth-order valence-electron chi connectivity index (χ4n) is 0.559. The van der Waals surface area contributed by atoms with E-state index in [9.17, 15) is 4.79 Å². The van der Waals surface area contributed by atoms with Crippen LogP contribution in [0.5, 0.6) is 0 Å². The Bertz CT molecular complexity index is 207. The van der Waals surface area contributed by atoms with E-state index in [0.717, 1.165) is 11.8 Å². The summed E-state index contributed by atoms with van der Waals surface area (Å²) in [5, 5.41) is 1.96. The predicted octanol–water partition coefficient (Wildman–Crippen LogP) is 0.938. The van der Waals surface area contributed by atoms with Crippen molar-refractivity contribution >= 4 is 36.4 Å².